The molecule has 1 heterocycles. The first-order valence-corrected chi connectivity index (χ1v) is 10.7. The minimum Gasteiger partial charge on any atom is -0.507 e. The first-order chi connectivity index (χ1) is 14.4. The fourth-order valence-corrected chi connectivity index (χ4v) is 4.10. The van der Waals surface area contributed by atoms with E-state index in [4.69, 9.17) is 0 Å². The van der Waals surface area contributed by atoms with E-state index in [9.17, 15) is 19.1 Å². The quantitative estimate of drug-likeness (QED) is 0.368. The van der Waals surface area contributed by atoms with Crippen molar-refractivity contribution in [3.8, 4) is 0 Å². The maximum Gasteiger partial charge on any atom is 0.295 e. The SMILES string of the molecule is CCN(CC)CCN1C(=O)C(=O)/C(=C(\O)c2ccc(F)cc2)C1c1cccc(Br)c1. The summed E-state index contributed by atoms with van der Waals surface area (Å²) in [6.07, 6.45) is 0. The first-order valence-electron chi connectivity index (χ1n) is 9.89. The van der Waals surface area contributed by atoms with Crippen LogP contribution in [0.1, 0.15) is 31.0 Å². The summed E-state index contributed by atoms with van der Waals surface area (Å²) in [4.78, 5) is 29.5. The number of Topliss-reactive ketones (excluding diaryl/α,β-unsaturated/α-hetero) is 1. The number of hydrogen-bond donors (Lipinski definition) is 1. The van der Waals surface area contributed by atoms with Gasteiger partial charge >= 0.3 is 0 Å². The fourth-order valence-electron chi connectivity index (χ4n) is 3.69. The van der Waals surface area contributed by atoms with Crippen molar-refractivity contribution in [1.29, 1.82) is 0 Å². The average Bonchev–Trinajstić information content (AvgIpc) is 2.99. The Labute approximate surface area is 183 Å². The molecule has 5 nitrogen and oxygen atoms in total. The van der Waals surface area contributed by atoms with Gasteiger partial charge in [-0.1, -0.05) is 41.9 Å². The van der Waals surface area contributed by atoms with Gasteiger partial charge in [0.15, 0.2) is 0 Å². The van der Waals surface area contributed by atoms with Crippen molar-refractivity contribution in [3.05, 3.63) is 75.5 Å². The van der Waals surface area contributed by atoms with Crippen molar-refractivity contribution in [3.63, 3.8) is 0 Å². The lowest BCUT2D eigenvalue weighted by atomic mass is 9.95. The smallest absolute Gasteiger partial charge is 0.295 e. The highest BCUT2D eigenvalue weighted by Gasteiger charge is 2.46. The number of aliphatic hydroxyl groups is 1. The Morgan fingerprint density at radius 2 is 1.80 bits per heavy atom. The van der Waals surface area contributed by atoms with Crippen LogP contribution in [0, 0.1) is 5.82 Å². The van der Waals surface area contributed by atoms with E-state index in [1.807, 2.05) is 38.1 Å². The summed E-state index contributed by atoms with van der Waals surface area (Å²) < 4.78 is 14.1. The molecule has 1 aliphatic heterocycles. The van der Waals surface area contributed by atoms with Gasteiger partial charge in [0.25, 0.3) is 11.7 Å². The van der Waals surface area contributed by atoms with Crippen LogP contribution in [-0.4, -0.2) is 52.8 Å². The van der Waals surface area contributed by atoms with Gasteiger partial charge in [0.05, 0.1) is 11.6 Å². The summed E-state index contributed by atoms with van der Waals surface area (Å²) in [7, 11) is 0. The van der Waals surface area contributed by atoms with Crippen LogP contribution in [0.2, 0.25) is 0 Å². The third kappa shape index (κ3) is 4.47. The zero-order valence-corrected chi connectivity index (χ0v) is 18.5. The Morgan fingerprint density at radius 3 is 2.40 bits per heavy atom. The van der Waals surface area contributed by atoms with E-state index in [1.54, 1.807) is 0 Å². The second-order valence-corrected chi connectivity index (χ2v) is 8.00. The number of hydrogen-bond acceptors (Lipinski definition) is 4. The van der Waals surface area contributed by atoms with E-state index < -0.39 is 23.5 Å². The monoisotopic (exact) mass is 474 g/mol. The van der Waals surface area contributed by atoms with Gasteiger partial charge in [-0.15, -0.1) is 0 Å². The molecule has 0 bridgehead atoms. The molecule has 3 rings (SSSR count). The molecule has 1 saturated heterocycles. The number of amides is 1. The van der Waals surface area contributed by atoms with Crippen LogP contribution in [-0.2, 0) is 9.59 Å². The molecule has 1 unspecified atom stereocenters. The van der Waals surface area contributed by atoms with Gasteiger partial charge in [-0.25, -0.2) is 4.39 Å². The Balaban J connectivity index is 2.09. The Kier molecular flexibility index (Phi) is 7.05. The molecule has 0 radical (unpaired) electrons. The highest BCUT2D eigenvalue weighted by molar-refractivity contribution is 9.10. The van der Waals surface area contributed by atoms with Gasteiger partial charge in [0.2, 0.25) is 0 Å². The second-order valence-electron chi connectivity index (χ2n) is 7.08. The molecule has 2 aromatic carbocycles. The van der Waals surface area contributed by atoms with Gasteiger partial charge in [-0.2, -0.15) is 0 Å². The van der Waals surface area contributed by atoms with E-state index in [0.717, 1.165) is 17.6 Å². The number of likely N-dealkylation sites (tertiary alicyclic amines) is 1. The highest BCUT2D eigenvalue weighted by atomic mass is 79.9. The Morgan fingerprint density at radius 1 is 1.13 bits per heavy atom. The molecule has 0 aromatic heterocycles. The number of aliphatic hydroxyl groups excluding tert-OH is 1. The van der Waals surface area contributed by atoms with E-state index in [1.165, 1.54) is 29.2 Å². The molecule has 1 atom stereocenters. The van der Waals surface area contributed by atoms with Crippen molar-refractivity contribution in [2.75, 3.05) is 26.2 Å². The molecule has 0 spiro atoms. The van der Waals surface area contributed by atoms with Gasteiger partial charge < -0.3 is 14.9 Å². The second kappa shape index (κ2) is 9.53. The number of likely N-dealkylation sites (N-methyl/N-ethyl adjacent to an activating group) is 1. The van der Waals surface area contributed by atoms with Crippen molar-refractivity contribution in [2.45, 2.75) is 19.9 Å². The molecular formula is C23H24BrFN2O3. The fraction of sp³-hybridized carbons (Fsp3) is 0.304. The molecule has 1 N–H and O–H groups in total. The lowest BCUT2D eigenvalue weighted by Gasteiger charge is -2.28. The molecule has 30 heavy (non-hydrogen) atoms. The van der Waals surface area contributed by atoms with E-state index >= 15 is 0 Å². The minimum atomic E-state index is -0.735. The summed E-state index contributed by atoms with van der Waals surface area (Å²) in [6.45, 7) is 6.70. The summed E-state index contributed by atoms with van der Waals surface area (Å²) in [5.41, 5.74) is 1.02. The molecule has 2 aromatic rings. The standard InChI is InChI=1S/C23H24BrFN2O3/c1-3-26(4-2)12-13-27-20(16-6-5-7-17(24)14-16)19(22(29)23(27)30)21(28)15-8-10-18(25)11-9-15/h5-11,14,20,28H,3-4,12-13H2,1-2H3/b21-19-. The molecule has 1 fully saturated rings. The zero-order valence-electron chi connectivity index (χ0n) is 16.9. The molecule has 0 saturated carbocycles. The molecule has 1 amide bonds. The van der Waals surface area contributed by atoms with Crippen LogP contribution >= 0.6 is 15.9 Å². The van der Waals surface area contributed by atoms with E-state index in [2.05, 4.69) is 20.8 Å². The number of carbonyl (C=O) groups is 2. The van der Waals surface area contributed by atoms with Crippen LogP contribution in [0.5, 0.6) is 0 Å². The van der Waals surface area contributed by atoms with Crippen LogP contribution in [0.4, 0.5) is 4.39 Å². The molecular weight excluding hydrogens is 451 g/mol. The van der Waals surface area contributed by atoms with Gasteiger partial charge in [0, 0.05) is 23.1 Å². The number of ketones is 1. The summed E-state index contributed by atoms with van der Waals surface area (Å²) in [5.74, 6) is -2.13. The van der Waals surface area contributed by atoms with E-state index in [0.29, 0.717) is 18.7 Å². The summed E-state index contributed by atoms with van der Waals surface area (Å²) >= 11 is 3.44. The van der Waals surface area contributed by atoms with Gasteiger partial charge in [-0.3, -0.25) is 9.59 Å². The highest BCUT2D eigenvalue weighted by Crippen LogP contribution is 2.39. The van der Waals surface area contributed by atoms with Gasteiger partial charge in [-0.05, 0) is 55.1 Å². The predicted molar refractivity (Wildman–Crippen MR) is 117 cm³/mol. The third-order valence-electron chi connectivity index (χ3n) is 5.37. The number of carbonyl (C=O) groups excluding carboxylic acids is 2. The Bertz CT molecular complexity index is 971. The number of benzene rings is 2. The largest absolute Gasteiger partial charge is 0.507 e. The number of nitrogens with zero attached hydrogens (tertiary/aromatic N) is 2. The van der Waals surface area contributed by atoms with Crippen molar-refractivity contribution < 1.29 is 19.1 Å². The Hall–Kier alpha value is -2.51. The lowest BCUT2D eigenvalue weighted by Crippen LogP contribution is -2.38. The van der Waals surface area contributed by atoms with Crippen LogP contribution in [0.15, 0.2) is 58.6 Å². The van der Waals surface area contributed by atoms with Crippen LogP contribution in [0.3, 0.4) is 0 Å². The molecule has 0 aliphatic carbocycles. The average molecular weight is 475 g/mol. The van der Waals surface area contributed by atoms with Crippen molar-refractivity contribution in [2.24, 2.45) is 0 Å². The topological polar surface area (TPSA) is 60.9 Å². The maximum absolute atomic E-state index is 13.3. The molecule has 158 valence electrons. The molecule has 7 heteroatoms. The zero-order chi connectivity index (χ0) is 21.8. The van der Waals surface area contributed by atoms with Crippen LogP contribution < -0.4 is 0 Å². The summed E-state index contributed by atoms with van der Waals surface area (Å²) in [5, 5.41) is 10.9. The maximum atomic E-state index is 13.3. The normalized spacial score (nSPS) is 18.4. The minimum absolute atomic E-state index is 0.0178. The molecule has 1 aliphatic rings. The third-order valence-corrected chi connectivity index (χ3v) is 5.87. The number of rotatable bonds is 7. The van der Waals surface area contributed by atoms with Gasteiger partial charge in [0.1, 0.15) is 11.6 Å². The summed E-state index contributed by atoms with van der Waals surface area (Å²) in [6, 6.07) is 11.8. The lowest BCUT2D eigenvalue weighted by molar-refractivity contribution is -0.140. The number of halogens is 2. The van der Waals surface area contributed by atoms with Crippen molar-refractivity contribution >= 4 is 33.4 Å². The van der Waals surface area contributed by atoms with Crippen LogP contribution in [0.25, 0.3) is 5.76 Å². The van der Waals surface area contributed by atoms with Crippen molar-refractivity contribution in [1.82, 2.24) is 9.80 Å². The first kappa shape index (κ1) is 22.2. The van der Waals surface area contributed by atoms with E-state index in [-0.39, 0.29) is 16.9 Å². The predicted octanol–water partition coefficient (Wildman–Crippen LogP) is 4.35.